The maximum Gasteiger partial charge on any atom is 0.284 e. The van der Waals surface area contributed by atoms with E-state index in [0.717, 1.165) is 0 Å². The average Bonchev–Trinajstić information content (AvgIpc) is 2.27. The molecule has 0 aliphatic rings. The fourth-order valence-electron chi connectivity index (χ4n) is 1.37. The van der Waals surface area contributed by atoms with Crippen molar-refractivity contribution in [2.75, 3.05) is 5.88 Å². The van der Waals surface area contributed by atoms with Gasteiger partial charge in [0, 0.05) is 5.56 Å². The zero-order valence-electron chi connectivity index (χ0n) is 8.36. The van der Waals surface area contributed by atoms with Gasteiger partial charge in [-0.3, -0.25) is 14.9 Å². The lowest BCUT2D eigenvalue weighted by Gasteiger charge is -2.04. The van der Waals surface area contributed by atoms with Gasteiger partial charge in [0.1, 0.15) is 11.6 Å². The van der Waals surface area contributed by atoms with E-state index in [0.29, 0.717) is 5.56 Å². The third-order valence-corrected chi connectivity index (χ3v) is 2.33. The van der Waals surface area contributed by atoms with Crippen LogP contribution < -0.4 is 0 Å². The molecule has 0 aliphatic heterocycles. The lowest BCUT2D eigenvalue weighted by molar-refractivity contribution is -0.385. The normalized spacial score (nSPS) is 9.56. The van der Waals surface area contributed by atoms with Crippen molar-refractivity contribution in [2.24, 2.45) is 0 Å². The van der Waals surface area contributed by atoms with E-state index in [1.165, 1.54) is 19.1 Å². The van der Waals surface area contributed by atoms with Gasteiger partial charge in [-0.1, -0.05) is 6.07 Å². The van der Waals surface area contributed by atoms with E-state index in [9.17, 15) is 14.9 Å². The lowest BCUT2D eigenvalue weighted by Crippen LogP contribution is -2.09. The highest BCUT2D eigenvalue weighted by Crippen LogP contribution is 2.27. The molecule has 0 heterocycles. The minimum Gasteiger partial charge on any atom is -0.293 e. The molecule has 0 radical (unpaired) electrons. The van der Waals surface area contributed by atoms with Gasteiger partial charge >= 0.3 is 0 Å². The van der Waals surface area contributed by atoms with Gasteiger partial charge in [-0.25, -0.2) is 0 Å². The van der Waals surface area contributed by atoms with Crippen molar-refractivity contribution in [2.45, 2.75) is 6.92 Å². The van der Waals surface area contributed by atoms with Crippen LogP contribution in [-0.2, 0) is 0 Å². The first kappa shape index (κ1) is 12.1. The Morgan fingerprint density at radius 3 is 2.69 bits per heavy atom. The average molecular weight is 239 g/mol. The molecule has 0 unspecified atom stereocenters. The second-order valence-corrected chi connectivity index (χ2v) is 3.35. The predicted octanol–water partition coefficient (Wildman–Crippen LogP) is 2.20. The summed E-state index contributed by atoms with van der Waals surface area (Å²) >= 11 is 5.36. The molecular weight excluding hydrogens is 232 g/mol. The molecule has 0 aromatic heterocycles. The zero-order chi connectivity index (χ0) is 12.3. The number of hydrogen-bond donors (Lipinski definition) is 0. The number of nitrogens with zero attached hydrogens (tertiary/aromatic N) is 2. The van der Waals surface area contributed by atoms with Gasteiger partial charge < -0.3 is 0 Å². The van der Waals surface area contributed by atoms with Gasteiger partial charge in [0.15, 0.2) is 5.78 Å². The highest BCUT2D eigenvalue weighted by molar-refractivity contribution is 6.31. The largest absolute Gasteiger partial charge is 0.293 e. The quantitative estimate of drug-likeness (QED) is 0.350. The summed E-state index contributed by atoms with van der Waals surface area (Å²) in [6.45, 7) is 1.50. The van der Waals surface area contributed by atoms with Crippen LogP contribution in [0, 0.1) is 28.4 Å². The van der Waals surface area contributed by atoms with Gasteiger partial charge in [0.25, 0.3) is 5.69 Å². The number of carbonyl (C=O) groups excluding carboxylic acids is 1. The van der Waals surface area contributed by atoms with Crippen molar-refractivity contribution in [1.82, 2.24) is 0 Å². The summed E-state index contributed by atoms with van der Waals surface area (Å²) in [7, 11) is 0. The molecule has 0 atom stereocenters. The molecule has 0 N–H and O–H groups in total. The number of Topliss-reactive ketones (excluding diaryl/α,β-unsaturated/α-hetero) is 1. The van der Waals surface area contributed by atoms with Crippen molar-refractivity contribution in [3.05, 3.63) is 38.9 Å². The van der Waals surface area contributed by atoms with E-state index in [1.54, 1.807) is 6.07 Å². The number of alkyl halides is 1. The summed E-state index contributed by atoms with van der Waals surface area (Å²) in [4.78, 5) is 21.6. The van der Waals surface area contributed by atoms with E-state index >= 15 is 0 Å². The number of benzene rings is 1. The first-order chi connectivity index (χ1) is 7.52. The third kappa shape index (κ3) is 2.02. The van der Waals surface area contributed by atoms with Crippen LogP contribution >= 0.6 is 11.6 Å². The first-order valence-corrected chi connectivity index (χ1v) is 4.83. The molecule has 0 spiro atoms. The Kier molecular flexibility index (Phi) is 3.59. The molecule has 1 rings (SSSR count). The van der Waals surface area contributed by atoms with Crippen molar-refractivity contribution in [1.29, 1.82) is 5.26 Å². The lowest BCUT2D eigenvalue weighted by atomic mass is 9.99. The summed E-state index contributed by atoms with van der Waals surface area (Å²) < 4.78 is 0. The minimum atomic E-state index is -0.671. The molecule has 0 amide bonds. The summed E-state index contributed by atoms with van der Waals surface area (Å²) in [5.41, 5.74) is -0.243. The summed E-state index contributed by atoms with van der Waals surface area (Å²) in [6.07, 6.45) is 0. The third-order valence-electron chi connectivity index (χ3n) is 2.08. The Morgan fingerprint density at radius 2 is 2.25 bits per heavy atom. The van der Waals surface area contributed by atoms with E-state index < -0.39 is 10.7 Å². The van der Waals surface area contributed by atoms with Crippen LogP contribution in [0.1, 0.15) is 21.5 Å². The molecule has 82 valence electrons. The predicted molar refractivity (Wildman–Crippen MR) is 57.6 cm³/mol. The summed E-state index contributed by atoms with van der Waals surface area (Å²) in [6, 6.07) is 4.56. The zero-order valence-corrected chi connectivity index (χ0v) is 9.11. The van der Waals surface area contributed by atoms with Gasteiger partial charge in [-0.2, -0.15) is 5.26 Å². The number of nitro groups is 1. The van der Waals surface area contributed by atoms with Gasteiger partial charge in [0.2, 0.25) is 0 Å². The monoisotopic (exact) mass is 238 g/mol. The highest BCUT2D eigenvalue weighted by Gasteiger charge is 2.25. The van der Waals surface area contributed by atoms with E-state index in [2.05, 4.69) is 0 Å². The van der Waals surface area contributed by atoms with Crippen LogP contribution in [0.4, 0.5) is 5.69 Å². The standard InChI is InChI=1S/C10H7ClN2O3/c1-6-2-3-7(5-12)9(8(14)4-11)10(6)13(15)16/h2-3H,4H2,1H3. The Hall–Kier alpha value is -1.93. The molecule has 0 bridgehead atoms. The molecule has 0 saturated heterocycles. The molecule has 0 fully saturated rings. The molecule has 16 heavy (non-hydrogen) atoms. The van der Waals surface area contributed by atoms with Crippen LogP contribution in [-0.4, -0.2) is 16.6 Å². The Bertz CT molecular complexity index is 506. The van der Waals surface area contributed by atoms with E-state index in [-0.39, 0.29) is 22.7 Å². The number of nitro benzene ring substituents is 1. The Morgan fingerprint density at radius 1 is 1.62 bits per heavy atom. The van der Waals surface area contributed by atoms with Crippen LogP contribution in [0.2, 0.25) is 0 Å². The summed E-state index contributed by atoms with van der Waals surface area (Å²) in [5.74, 6) is -1.01. The second kappa shape index (κ2) is 4.73. The Labute approximate surface area is 96.4 Å². The van der Waals surface area contributed by atoms with Gasteiger partial charge in [-0.05, 0) is 13.0 Å². The van der Waals surface area contributed by atoms with Crippen LogP contribution in [0.5, 0.6) is 0 Å². The van der Waals surface area contributed by atoms with E-state index in [4.69, 9.17) is 16.9 Å². The SMILES string of the molecule is Cc1ccc(C#N)c(C(=O)CCl)c1[N+](=O)[O-]. The molecule has 0 saturated carbocycles. The van der Waals surface area contributed by atoms with Crippen molar-refractivity contribution >= 4 is 23.1 Å². The minimum absolute atomic E-state index is 0.0250. The first-order valence-electron chi connectivity index (χ1n) is 4.30. The highest BCUT2D eigenvalue weighted by atomic mass is 35.5. The van der Waals surface area contributed by atoms with E-state index in [1.807, 2.05) is 0 Å². The molecular formula is C10H7ClN2O3. The van der Waals surface area contributed by atoms with Crippen LogP contribution in [0.15, 0.2) is 12.1 Å². The number of halogens is 1. The van der Waals surface area contributed by atoms with Gasteiger partial charge in [-0.15, -0.1) is 11.6 Å². The summed E-state index contributed by atoms with van der Waals surface area (Å²) in [5, 5.41) is 19.6. The fraction of sp³-hybridized carbons (Fsp3) is 0.200. The second-order valence-electron chi connectivity index (χ2n) is 3.08. The molecule has 5 nitrogen and oxygen atoms in total. The van der Waals surface area contributed by atoms with Crippen molar-refractivity contribution in [3.8, 4) is 6.07 Å². The fourth-order valence-corrected chi connectivity index (χ4v) is 1.51. The van der Waals surface area contributed by atoms with Crippen LogP contribution in [0.25, 0.3) is 0 Å². The molecule has 6 heteroatoms. The number of aryl methyl sites for hydroxylation is 1. The molecule has 1 aromatic rings. The van der Waals surface area contributed by atoms with Crippen molar-refractivity contribution < 1.29 is 9.72 Å². The number of nitriles is 1. The molecule has 0 aliphatic carbocycles. The number of carbonyl (C=O) groups is 1. The maximum atomic E-state index is 11.5. The topological polar surface area (TPSA) is 84.0 Å². The van der Waals surface area contributed by atoms with Crippen molar-refractivity contribution in [3.63, 3.8) is 0 Å². The smallest absolute Gasteiger partial charge is 0.284 e. The maximum absolute atomic E-state index is 11.5. The van der Waals surface area contributed by atoms with Gasteiger partial charge in [0.05, 0.1) is 16.4 Å². The number of rotatable bonds is 3. The van der Waals surface area contributed by atoms with Crippen LogP contribution in [0.3, 0.4) is 0 Å². The molecule has 1 aromatic carbocycles. The number of hydrogen-bond acceptors (Lipinski definition) is 4. The Balaban J connectivity index is 3.63. The number of ketones is 1.